The summed E-state index contributed by atoms with van der Waals surface area (Å²) < 4.78 is 0. The normalized spacial score (nSPS) is 24.9. The fraction of sp³-hybridized carbons (Fsp3) is 0.667. The van der Waals surface area contributed by atoms with Gasteiger partial charge in [0, 0.05) is 32.6 Å². The monoisotopic (exact) mass is 250 g/mol. The van der Waals surface area contributed by atoms with Gasteiger partial charge in [-0.05, 0) is 31.8 Å². The highest BCUT2D eigenvalue weighted by atomic mass is 16.2. The first-order chi connectivity index (χ1) is 8.47. The van der Waals surface area contributed by atoms with Gasteiger partial charge in [-0.1, -0.05) is 19.1 Å². The molecule has 0 saturated carbocycles. The zero-order valence-electron chi connectivity index (χ0n) is 12.3. The highest BCUT2D eigenvalue weighted by molar-refractivity contribution is 5.73. The molecule has 0 radical (unpaired) electrons. The molecule has 102 valence electrons. The summed E-state index contributed by atoms with van der Waals surface area (Å²) in [4.78, 5) is 13.5. The maximum Gasteiger partial charge on any atom is 0.219 e. The minimum atomic E-state index is 0.138. The molecule has 0 saturated heterocycles. The number of hydrogen-bond acceptors (Lipinski definition) is 2. The van der Waals surface area contributed by atoms with E-state index in [1.807, 2.05) is 18.9 Å². The molecule has 3 heteroatoms. The molecule has 18 heavy (non-hydrogen) atoms. The summed E-state index contributed by atoms with van der Waals surface area (Å²) in [6, 6.07) is 0.229. The highest BCUT2D eigenvalue weighted by Crippen LogP contribution is 2.24. The first-order valence-electron chi connectivity index (χ1n) is 6.75. The number of carbonyl (C=O) groups excluding carboxylic acids is 1. The van der Waals surface area contributed by atoms with Crippen LogP contribution >= 0.6 is 0 Å². The maximum atomic E-state index is 11.6. The first-order valence-corrected chi connectivity index (χ1v) is 6.75. The van der Waals surface area contributed by atoms with Gasteiger partial charge in [0.1, 0.15) is 0 Å². The summed E-state index contributed by atoms with van der Waals surface area (Å²) >= 11 is 0. The van der Waals surface area contributed by atoms with Gasteiger partial charge in [-0.2, -0.15) is 0 Å². The first kappa shape index (κ1) is 14.8. The van der Waals surface area contributed by atoms with Crippen LogP contribution < -0.4 is 5.32 Å². The van der Waals surface area contributed by atoms with Crippen molar-refractivity contribution in [2.45, 2.75) is 46.6 Å². The van der Waals surface area contributed by atoms with Gasteiger partial charge in [0.2, 0.25) is 5.91 Å². The lowest BCUT2D eigenvalue weighted by Gasteiger charge is -2.29. The van der Waals surface area contributed by atoms with E-state index in [1.165, 1.54) is 11.3 Å². The van der Waals surface area contributed by atoms with Crippen molar-refractivity contribution in [1.29, 1.82) is 0 Å². The summed E-state index contributed by atoms with van der Waals surface area (Å²) in [5, 5.41) is 3.53. The molecule has 0 aromatic rings. The van der Waals surface area contributed by atoms with Crippen LogP contribution in [0.2, 0.25) is 0 Å². The summed E-state index contributed by atoms with van der Waals surface area (Å²) in [5.74, 6) is 0.716. The summed E-state index contributed by atoms with van der Waals surface area (Å²) in [5.41, 5.74) is 2.57. The zero-order chi connectivity index (χ0) is 13.7. The summed E-state index contributed by atoms with van der Waals surface area (Å²) in [7, 11) is 1.90. The van der Waals surface area contributed by atoms with Crippen LogP contribution in [-0.2, 0) is 4.79 Å². The molecule has 3 nitrogen and oxygen atoms in total. The molecule has 1 aliphatic heterocycles. The predicted molar refractivity (Wildman–Crippen MR) is 76.1 cm³/mol. The fourth-order valence-corrected chi connectivity index (χ4v) is 2.42. The largest absolute Gasteiger partial charge is 0.388 e. The van der Waals surface area contributed by atoms with Gasteiger partial charge in [0.05, 0.1) is 6.04 Å². The number of nitrogens with zero attached hydrogens (tertiary/aromatic N) is 1. The Balaban J connectivity index is 2.98. The van der Waals surface area contributed by atoms with Gasteiger partial charge in [-0.3, -0.25) is 4.79 Å². The van der Waals surface area contributed by atoms with Crippen molar-refractivity contribution in [3.05, 3.63) is 23.4 Å². The average molecular weight is 250 g/mol. The maximum absolute atomic E-state index is 11.6. The van der Waals surface area contributed by atoms with Crippen LogP contribution in [0, 0.1) is 5.92 Å². The van der Waals surface area contributed by atoms with Crippen LogP contribution in [0.15, 0.2) is 23.4 Å². The van der Waals surface area contributed by atoms with Crippen molar-refractivity contribution in [2.75, 3.05) is 13.6 Å². The molecule has 0 spiro atoms. The third-order valence-corrected chi connectivity index (χ3v) is 3.79. The molecule has 2 atom stereocenters. The van der Waals surface area contributed by atoms with Crippen LogP contribution in [0.3, 0.4) is 0 Å². The van der Waals surface area contributed by atoms with E-state index in [1.54, 1.807) is 6.92 Å². The van der Waals surface area contributed by atoms with Crippen molar-refractivity contribution < 1.29 is 4.79 Å². The number of carbonyl (C=O) groups is 1. The van der Waals surface area contributed by atoms with E-state index in [0.717, 1.165) is 19.4 Å². The molecule has 1 rings (SSSR count). The van der Waals surface area contributed by atoms with E-state index in [0.29, 0.717) is 5.92 Å². The smallest absolute Gasteiger partial charge is 0.219 e. The van der Waals surface area contributed by atoms with E-state index in [-0.39, 0.29) is 11.9 Å². The van der Waals surface area contributed by atoms with E-state index in [4.69, 9.17) is 0 Å². The van der Waals surface area contributed by atoms with Crippen molar-refractivity contribution in [2.24, 2.45) is 5.92 Å². The Morgan fingerprint density at radius 3 is 2.78 bits per heavy atom. The third-order valence-electron chi connectivity index (χ3n) is 3.79. The second-order valence-corrected chi connectivity index (χ2v) is 5.30. The molecule has 1 amide bonds. The van der Waals surface area contributed by atoms with Crippen molar-refractivity contribution >= 4 is 5.91 Å². The third kappa shape index (κ3) is 3.62. The lowest BCUT2D eigenvalue weighted by molar-refractivity contribution is -0.129. The SMILES string of the molecule is C/C=C\CC1=C(C)[C@@H](N(C)C(C)=O)CC(C)CN1. The zero-order valence-corrected chi connectivity index (χ0v) is 12.3. The van der Waals surface area contributed by atoms with Gasteiger partial charge >= 0.3 is 0 Å². The lowest BCUT2D eigenvalue weighted by Crippen LogP contribution is -2.37. The molecule has 0 bridgehead atoms. The second-order valence-electron chi connectivity index (χ2n) is 5.30. The van der Waals surface area contributed by atoms with E-state index < -0.39 is 0 Å². The van der Waals surface area contributed by atoms with Gasteiger partial charge < -0.3 is 10.2 Å². The number of nitrogens with one attached hydrogen (secondary N) is 1. The van der Waals surface area contributed by atoms with Crippen LogP contribution in [0.25, 0.3) is 0 Å². The highest BCUT2D eigenvalue weighted by Gasteiger charge is 2.26. The molecule has 1 N–H and O–H groups in total. The second kappa shape index (κ2) is 6.62. The Bertz CT molecular complexity index is 358. The summed E-state index contributed by atoms with van der Waals surface area (Å²) in [6.45, 7) is 9.05. The Hall–Kier alpha value is -1.25. The lowest BCUT2D eigenvalue weighted by atomic mass is 9.96. The van der Waals surface area contributed by atoms with Gasteiger partial charge in [-0.25, -0.2) is 0 Å². The van der Waals surface area contributed by atoms with E-state index >= 15 is 0 Å². The molecule has 1 unspecified atom stereocenters. The Kier molecular flexibility index (Phi) is 5.45. The van der Waals surface area contributed by atoms with Crippen LogP contribution in [0.5, 0.6) is 0 Å². The molecule has 1 aliphatic rings. The van der Waals surface area contributed by atoms with Crippen LogP contribution in [0.4, 0.5) is 0 Å². The fourth-order valence-electron chi connectivity index (χ4n) is 2.42. The number of rotatable bonds is 3. The molecule has 1 heterocycles. The quantitative estimate of drug-likeness (QED) is 0.781. The van der Waals surface area contributed by atoms with Crippen molar-refractivity contribution in [3.63, 3.8) is 0 Å². The van der Waals surface area contributed by atoms with Gasteiger partial charge in [-0.15, -0.1) is 0 Å². The molecule has 0 fully saturated rings. The van der Waals surface area contributed by atoms with Crippen LogP contribution in [-0.4, -0.2) is 30.4 Å². The minimum absolute atomic E-state index is 0.138. The van der Waals surface area contributed by atoms with Crippen molar-refractivity contribution in [1.82, 2.24) is 10.2 Å². The van der Waals surface area contributed by atoms with Crippen LogP contribution in [0.1, 0.15) is 40.5 Å². The predicted octanol–water partition coefficient (Wildman–Crippen LogP) is 2.70. The standard InChI is InChI=1S/C15H26N2O/c1-6-7-8-14-12(3)15(17(5)13(4)18)9-11(2)10-16-14/h6-7,11,15-16H,8-10H2,1-5H3/b7-6-/t11?,15-/m0/s1. The number of allylic oxidation sites excluding steroid dienone is 2. The average Bonchev–Trinajstić information content (AvgIpc) is 2.46. The Morgan fingerprint density at radius 2 is 2.22 bits per heavy atom. The number of hydrogen-bond donors (Lipinski definition) is 1. The van der Waals surface area contributed by atoms with Gasteiger partial charge in [0.25, 0.3) is 0 Å². The van der Waals surface area contributed by atoms with E-state index in [2.05, 4.69) is 31.3 Å². The molecule has 0 aliphatic carbocycles. The minimum Gasteiger partial charge on any atom is -0.388 e. The molecular weight excluding hydrogens is 224 g/mol. The number of likely N-dealkylation sites (N-methyl/N-ethyl adjacent to an activating group) is 1. The number of amides is 1. The molecule has 0 aromatic carbocycles. The molecular formula is C15H26N2O. The molecule has 0 aromatic heterocycles. The topological polar surface area (TPSA) is 32.3 Å². The van der Waals surface area contributed by atoms with Gasteiger partial charge in [0.15, 0.2) is 0 Å². The Labute approximate surface area is 111 Å². The summed E-state index contributed by atoms with van der Waals surface area (Å²) in [6.07, 6.45) is 6.19. The van der Waals surface area contributed by atoms with E-state index in [9.17, 15) is 4.79 Å². The van der Waals surface area contributed by atoms with Crippen molar-refractivity contribution in [3.8, 4) is 0 Å². The Morgan fingerprint density at radius 1 is 1.56 bits per heavy atom.